The van der Waals surface area contributed by atoms with Crippen molar-refractivity contribution in [2.24, 2.45) is 0 Å². The Morgan fingerprint density at radius 1 is 1.27 bits per heavy atom. The Labute approximate surface area is 179 Å². The van der Waals surface area contributed by atoms with Crippen molar-refractivity contribution in [3.8, 4) is 11.5 Å². The molecule has 1 fully saturated rings. The molecule has 8 heteroatoms. The zero-order valence-corrected chi connectivity index (χ0v) is 17.9. The van der Waals surface area contributed by atoms with Crippen LogP contribution in [0, 0.1) is 6.92 Å². The second-order valence-corrected chi connectivity index (χ2v) is 8.84. The fourth-order valence-electron chi connectivity index (χ4n) is 4.18. The van der Waals surface area contributed by atoms with E-state index >= 15 is 0 Å². The Balaban J connectivity index is 1.41. The van der Waals surface area contributed by atoms with Crippen LogP contribution in [0.25, 0.3) is 10.2 Å². The zero-order valence-electron chi connectivity index (χ0n) is 17.1. The number of rotatable bonds is 4. The second-order valence-electron chi connectivity index (χ2n) is 7.84. The van der Waals surface area contributed by atoms with Crippen LogP contribution in [-0.4, -0.2) is 40.2 Å². The molecule has 1 N–H and O–H groups in total. The molecule has 4 heterocycles. The average molecular weight is 425 g/mol. The number of benzene rings is 1. The molecule has 0 spiro atoms. The molecule has 156 valence electrons. The predicted molar refractivity (Wildman–Crippen MR) is 116 cm³/mol. The fourth-order valence-corrected chi connectivity index (χ4v) is 5.28. The van der Waals surface area contributed by atoms with Crippen LogP contribution in [0.1, 0.15) is 47.0 Å². The lowest BCUT2D eigenvalue weighted by molar-refractivity contribution is 0.0640. The molecule has 3 aromatic rings. The van der Waals surface area contributed by atoms with E-state index in [1.807, 2.05) is 30.0 Å². The second kappa shape index (κ2) is 7.75. The largest absolute Gasteiger partial charge is 0.454 e. The van der Waals surface area contributed by atoms with Crippen molar-refractivity contribution in [2.75, 3.05) is 18.7 Å². The Hall–Kier alpha value is -2.87. The predicted octanol–water partition coefficient (Wildman–Crippen LogP) is 4.36. The number of piperidine rings is 1. The Kier molecular flexibility index (Phi) is 4.94. The Morgan fingerprint density at radius 3 is 3.00 bits per heavy atom. The molecule has 1 aromatic carbocycles. The van der Waals surface area contributed by atoms with Gasteiger partial charge in [-0.25, -0.2) is 9.97 Å². The van der Waals surface area contributed by atoms with Gasteiger partial charge in [-0.2, -0.15) is 0 Å². The number of fused-ring (bicyclic) bond motifs is 2. The molecule has 2 aromatic heterocycles. The van der Waals surface area contributed by atoms with Crippen molar-refractivity contribution in [2.45, 2.75) is 45.7 Å². The van der Waals surface area contributed by atoms with Gasteiger partial charge in [0.25, 0.3) is 5.91 Å². The molecular weight excluding hydrogens is 400 g/mol. The number of amides is 1. The summed E-state index contributed by atoms with van der Waals surface area (Å²) in [4.78, 5) is 25.7. The maximum Gasteiger partial charge on any atom is 0.264 e. The summed E-state index contributed by atoms with van der Waals surface area (Å²) in [5, 5.41) is 4.34. The third-order valence-electron chi connectivity index (χ3n) is 5.88. The van der Waals surface area contributed by atoms with Crippen molar-refractivity contribution < 1.29 is 14.3 Å². The van der Waals surface area contributed by atoms with Crippen LogP contribution in [-0.2, 0) is 6.54 Å². The molecule has 7 nitrogen and oxygen atoms in total. The molecule has 0 bridgehead atoms. The number of nitrogens with one attached hydrogen (secondary N) is 1. The number of hydrogen-bond donors (Lipinski definition) is 1. The molecule has 1 atom stereocenters. The summed E-state index contributed by atoms with van der Waals surface area (Å²) in [6.07, 6.45) is 4.88. The topological polar surface area (TPSA) is 76.6 Å². The third-order valence-corrected chi connectivity index (χ3v) is 7.07. The van der Waals surface area contributed by atoms with E-state index in [9.17, 15) is 4.79 Å². The van der Waals surface area contributed by atoms with Gasteiger partial charge in [0.05, 0.1) is 10.3 Å². The highest BCUT2D eigenvalue weighted by Crippen LogP contribution is 2.36. The highest BCUT2D eigenvalue weighted by molar-refractivity contribution is 7.20. The van der Waals surface area contributed by atoms with E-state index < -0.39 is 0 Å². The number of anilines is 1. The lowest BCUT2D eigenvalue weighted by Crippen LogP contribution is -2.41. The van der Waals surface area contributed by atoms with E-state index in [0.29, 0.717) is 6.54 Å². The van der Waals surface area contributed by atoms with Crippen LogP contribution in [0.5, 0.6) is 11.5 Å². The van der Waals surface area contributed by atoms with Gasteiger partial charge in [0.15, 0.2) is 11.5 Å². The van der Waals surface area contributed by atoms with Gasteiger partial charge in [-0.3, -0.25) is 4.79 Å². The van der Waals surface area contributed by atoms with Crippen LogP contribution in [0.2, 0.25) is 0 Å². The first kappa shape index (κ1) is 19.1. The number of likely N-dealkylation sites (tertiary alicyclic amines) is 1. The smallest absolute Gasteiger partial charge is 0.264 e. The van der Waals surface area contributed by atoms with Crippen molar-refractivity contribution in [3.63, 3.8) is 0 Å². The first-order valence-corrected chi connectivity index (χ1v) is 11.1. The number of carbonyl (C=O) groups is 1. The van der Waals surface area contributed by atoms with E-state index in [-0.39, 0.29) is 18.7 Å². The summed E-state index contributed by atoms with van der Waals surface area (Å²) in [5.74, 6) is 2.39. The highest BCUT2D eigenvalue weighted by Gasteiger charge is 2.28. The molecule has 2 aliphatic rings. The van der Waals surface area contributed by atoms with Gasteiger partial charge in [-0.15, -0.1) is 11.3 Å². The van der Waals surface area contributed by atoms with Crippen LogP contribution in [0.15, 0.2) is 24.5 Å². The van der Waals surface area contributed by atoms with Gasteiger partial charge in [-0.05, 0) is 56.4 Å². The lowest BCUT2D eigenvalue weighted by Gasteiger charge is -2.33. The highest BCUT2D eigenvalue weighted by atomic mass is 32.1. The Morgan fingerprint density at radius 2 is 2.13 bits per heavy atom. The van der Waals surface area contributed by atoms with E-state index in [1.54, 1.807) is 6.33 Å². The fraction of sp³-hybridized carbons (Fsp3) is 0.409. The first-order chi connectivity index (χ1) is 14.6. The van der Waals surface area contributed by atoms with Gasteiger partial charge in [0.2, 0.25) is 6.79 Å². The summed E-state index contributed by atoms with van der Waals surface area (Å²) in [7, 11) is 0. The van der Waals surface area contributed by atoms with E-state index in [4.69, 9.17) is 9.47 Å². The maximum absolute atomic E-state index is 13.2. The van der Waals surface area contributed by atoms with E-state index in [2.05, 4.69) is 22.2 Å². The van der Waals surface area contributed by atoms with Crippen LogP contribution >= 0.6 is 11.3 Å². The monoisotopic (exact) mass is 424 g/mol. The molecule has 5 rings (SSSR count). The van der Waals surface area contributed by atoms with Crippen LogP contribution < -0.4 is 14.8 Å². The Bertz CT molecular complexity index is 1110. The molecule has 0 saturated carbocycles. The van der Waals surface area contributed by atoms with Gasteiger partial charge >= 0.3 is 0 Å². The summed E-state index contributed by atoms with van der Waals surface area (Å²) >= 11 is 1.46. The number of hydrogen-bond acceptors (Lipinski definition) is 7. The van der Waals surface area contributed by atoms with E-state index in [1.165, 1.54) is 17.8 Å². The first-order valence-electron chi connectivity index (χ1n) is 10.3. The normalized spacial score (nSPS) is 18.1. The molecule has 0 radical (unpaired) electrons. The lowest BCUT2D eigenvalue weighted by atomic mass is 10.0. The number of aromatic nitrogens is 2. The maximum atomic E-state index is 13.2. The average Bonchev–Trinajstić information content (AvgIpc) is 3.36. The van der Waals surface area contributed by atoms with E-state index in [0.717, 1.165) is 62.9 Å². The number of aryl methyl sites for hydroxylation is 1. The van der Waals surface area contributed by atoms with Crippen molar-refractivity contribution in [1.29, 1.82) is 0 Å². The molecule has 1 amide bonds. The van der Waals surface area contributed by atoms with Crippen molar-refractivity contribution in [1.82, 2.24) is 14.9 Å². The third kappa shape index (κ3) is 3.35. The standard InChI is InChI=1S/C22H24N4O3S/c1-13-5-3-4-8-26(13)22(27)19-14(2)18-20(24-11-25-21(18)30-19)23-10-15-6-7-16-17(9-15)29-12-28-16/h6-7,9,11,13H,3-5,8,10,12H2,1-2H3,(H,23,24,25)/t13-/m1/s1. The summed E-state index contributed by atoms with van der Waals surface area (Å²) in [6.45, 7) is 5.81. The minimum Gasteiger partial charge on any atom is -0.454 e. The number of thiophene rings is 1. The number of carbonyl (C=O) groups excluding carboxylic acids is 1. The van der Waals surface area contributed by atoms with Crippen LogP contribution in [0.3, 0.4) is 0 Å². The van der Waals surface area contributed by atoms with Crippen LogP contribution in [0.4, 0.5) is 5.82 Å². The number of nitrogens with zero attached hydrogens (tertiary/aromatic N) is 3. The van der Waals surface area contributed by atoms with Gasteiger partial charge in [0, 0.05) is 19.1 Å². The molecule has 1 saturated heterocycles. The minimum absolute atomic E-state index is 0.115. The molecule has 30 heavy (non-hydrogen) atoms. The summed E-state index contributed by atoms with van der Waals surface area (Å²) in [5.41, 5.74) is 2.02. The molecule has 0 unspecified atom stereocenters. The summed E-state index contributed by atoms with van der Waals surface area (Å²) in [6, 6.07) is 6.18. The summed E-state index contributed by atoms with van der Waals surface area (Å²) < 4.78 is 10.8. The minimum atomic E-state index is 0.115. The van der Waals surface area contributed by atoms with Gasteiger partial charge < -0.3 is 19.7 Å². The number of ether oxygens (including phenoxy) is 2. The van der Waals surface area contributed by atoms with Gasteiger partial charge in [0.1, 0.15) is 17.0 Å². The van der Waals surface area contributed by atoms with Gasteiger partial charge in [-0.1, -0.05) is 6.07 Å². The SMILES string of the molecule is Cc1c(C(=O)N2CCCC[C@H]2C)sc2ncnc(NCc3ccc4c(c3)OCO4)c12. The van der Waals surface area contributed by atoms with Crippen molar-refractivity contribution >= 4 is 33.3 Å². The molecule has 2 aliphatic heterocycles. The quantitative estimate of drug-likeness (QED) is 0.671. The zero-order chi connectivity index (χ0) is 20.7. The van der Waals surface area contributed by atoms with Crippen molar-refractivity contribution in [3.05, 3.63) is 40.5 Å². The molecule has 0 aliphatic carbocycles. The molecular formula is C22H24N4O3S.